The summed E-state index contributed by atoms with van der Waals surface area (Å²) in [5.74, 6) is -0.349. The maximum atomic E-state index is 13.8. The first-order valence-electron chi connectivity index (χ1n) is 10.6. The molecule has 1 aliphatic heterocycles. The molecule has 0 saturated carbocycles. The average Bonchev–Trinajstić information content (AvgIpc) is 3.27. The number of methoxy groups -OCH3 is 2. The first kappa shape index (κ1) is 21.8. The topological polar surface area (TPSA) is 93.7 Å². The van der Waals surface area contributed by atoms with Gasteiger partial charge in [-0.05, 0) is 41.5 Å². The number of thiazole rings is 1. The Kier molecular flexibility index (Phi) is 5.62. The number of carbonyl (C=O) groups excluding carboxylic acids is 2. The van der Waals surface area contributed by atoms with Crippen molar-refractivity contribution in [3.63, 3.8) is 0 Å². The molecule has 34 heavy (non-hydrogen) atoms. The average molecular weight is 475 g/mol. The number of hydrogen-bond acceptors (Lipinski definition) is 7. The van der Waals surface area contributed by atoms with Crippen molar-refractivity contribution in [1.82, 2.24) is 14.9 Å². The lowest BCUT2D eigenvalue weighted by Gasteiger charge is -2.39. The lowest BCUT2D eigenvalue weighted by molar-refractivity contribution is -0.119. The van der Waals surface area contributed by atoms with Crippen molar-refractivity contribution in [2.24, 2.45) is 0 Å². The maximum Gasteiger partial charge on any atom is 0.254 e. The fraction of sp³-hybridized carbons (Fsp3) is 0.200. The highest BCUT2D eigenvalue weighted by molar-refractivity contribution is 7.22. The number of ether oxygens (including phenoxy) is 2. The van der Waals surface area contributed by atoms with Gasteiger partial charge in [-0.2, -0.15) is 0 Å². The monoisotopic (exact) mass is 474 g/mol. The van der Waals surface area contributed by atoms with E-state index in [0.29, 0.717) is 27.8 Å². The van der Waals surface area contributed by atoms with Crippen LogP contribution in [0.15, 0.2) is 60.9 Å². The number of aromatic nitrogens is 2. The van der Waals surface area contributed by atoms with Crippen molar-refractivity contribution in [1.29, 1.82) is 0 Å². The molecule has 4 aromatic rings. The number of para-hydroxylation sites is 1. The molecule has 0 bridgehead atoms. The summed E-state index contributed by atoms with van der Waals surface area (Å²) < 4.78 is 11.9. The number of nitrogens with zero attached hydrogens (tertiary/aromatic N) is 3. The van der Waals surface area contributed by atoms with Crippen LogP contribution in [0.5, 0.6) is 11.5 Å². The van der Waals surface area contributed by atoms with Crippen molar-refractivity contribution < 1.29 is 19.1 Å². The van der Waals surface area contributed by atoms with E-state index >= 15 is 0 Å². The van der Waals surface area contributed by atoms with Crippen LogP contribution in [0.1, 0.15) is 33.4 Å². The number of pyridine rings is 1. The molecule has 1 N–H and O–H groups in total. The molecule has 0 spiro atoms. The summed E-state index contributed by atoms with van der Waals surface area (Å²) in [7, 11) is 4.73. The molecule has 5 rings (SSSR count). The van der Waals surface area contributed by atoms with Gasteiger partial charge in [0, 0.05) is 25.0 Å². The molecule has 9 heteroatoms. The molecule has 2 unspecified atom stereocenters. The molecule has 8 nitrogen and oxygen atoms in total. The van der Waals surface area contributed by atoms with Crippen molar-refractivity contribution in [3.05, 3.63) is 77.6 Å². The molecule has 2 amide bonds. The Morgan fingerprint density at radius 2 is 1.85 bits per heavy atom. The minimum Gasteiger partial charge on any atom is -0.493 e. The van der Waals surface area contributed by atoms with Crippen LogP contribution in [0, 0.1) is 0 Å². The third kappa shape index (κ3) is 3.63. The summed E-state index contributed by atoms with van der Waals surface area (Å²) in [6.07, 6.45) is 3.34. The zero-order valence-electron chi connectivity index (χ0n) is 18.8. The van der Waals surface area contributed by atoms with E-state index in [1.165, 1.54) is 25.6 Å². The number of benzene rings is 2. The molecule has 0 fully saturated rings. The van der Waals surface area contributed by atoms with Gasteiger partial charge >= 0.3 is 0 Å². The van der Waals surface area contributed by atoms with Gasteiger partial charge in [-0.25, -0.2) is 4.98 Å². The molecule has 2 aromatic carbocycles. The van der Waals surface area contributed by atoms with Gasteiger partial charge < -0.3 is 19.7 Å². The molecule has 0 aliphatic carbocycles. The summed E-state index contributed by atoms with van der Waals surface area (Å²) in [4.78, 5) is 37.5. The highest BCUT2D eigenvalue weighted by atomic mass is 32.1. The van der Waals surface area contributed by atoms with E-state index < -0.39 is 12.0 Å². The van der Waals surface area contributed by atoms with Crippen LogP contribution in [0.2, 0.25) is 0 Å². The van der Waals surface area contributed by atoms with Gasteiger partial charge in [-0.1, -0.05) is 29.5 Å². The SMILES string of the molecule is COc1cc2c(cc1OC)C(C(=O)Nc1nc3ccccc3s1)C(c1cccnc1)N(C)C2=O. The van der Waals surface area contributed by atoms with Gasteiger partial charge in [-0.3, -0.25) is 14.6 Å². The molecule has 1 aliphatic rings. The van der Waals surface area contributed by atoms with Crippen LogP contribution in [0.3, 0.4) is 0 Å². The van der Waals surface area contributed by atoms with Crippen molar-refractivity contribution in [2.45, 2.75) is 12.0 Å². The minimum atomic E-state index is -0.728. The van der Waals surface area contributed by atoms with E-state index in [9.17, 15) is 9.59 Å². The highest BCUT2D eigenvalue weighted by Gasteiger charge is 2.44. The minimum absolute atomic E-state index is 0.214. The van der Waals surface area contributed by atoms with Crippen LogP contribution in [-0.2, 0) is 4.79 Å². The van der Waals surface area contributed by atoms with Gasteiger partial charge in [0.25, 0.3) is 5.91 Å². The number of fused-ring (bicyclic) bond motifs is 2. The predicted molar refractivity (Wildman–Crippen MR) is 130 cm³/mol. The Balaban J connectivity index is 1.64. The maximum absolute atomic E-state index is 13.8. The molecule has 0 saturated heterocycles. The lowest BCUT2D eigenvalue weighted by atomic mass is 9.79. The number of rotatable bonds is 5. The van der Waals surface area contributed by atoms with E-state index in [2.05, 4.69) is 15.3 Å². The van der Waals surface area contributed by atoms with Gasteiger partial charge in [0.15, 0.2) is 16.6 Å². The first-order valence-corrected chi connectivity index (χ1v) is 11.4. The number of nitrogens with one attached hydrogen (secondary N) is 1. The van der Waals surface area contributed by atoms with Crippen molar-refractivity contribution in [2.75, 3.05) is 26.6 Å². The Labute approximate surface area is 200 Å². The largest absolute Gasteiger partial charge is 0.493 e. The molecule has 2 aromatic heterocycles. The highest BCUT2D eigenvalue weighted by Crippen LogP contribution is 2.46. The lowest BCUT2D eigenvalue weighted by Crippen LogP contribution is -2.44. The Morgan fingerprint density at radius 3 is 2.56 bits per heavy atom. The van der Waals surface area contributed by atoms with Gasteiger partial charge in [0.05, 0.1) is 36.4 Å². The van der Waals surface area contributed by atoms with Crippen LogP contribution in [-0.4, -0.2) is 47.9 Å². The molecule has 172 valence electrons. The van der Waals surface area contributed by atoms with Crippen LogP contribution in [0.25, 0.3) is 10.2 Å². The Bertz CT molecular complexity index is 1360. The number of hydrogen-bond donors (Lipinski definition) is 1. The molecule has 0 radical (unpaired) electrons. The summed E-state index contributed by atoms with van der Waals surface area (Å²) in [6, 6.07) is 14.1. The third-order valence-corrected chi connectivity index (χ3v) is 6.96. The standard InChI is InChI=1S/C25H22N4O4S/c1-29-22(14-7-6-10-26-13-14)21(15-11-18(32-2)19(33-3)12-16(15)24(29)31)23(30)28-25-27-17-8-4-5-9-20(17)34-25/h4-13,21-22H,1-3H3,(H,27,28,30). The summed E-state index contributed by atoms with van der Waals surface area (Å²) in [5.41, 5.74) is 2.52. The predicted octanol–water partition coefficient (Wildman–Crippen LogP) is 4.26. The van der Waals surface area contributed by atoms with E-state index in [1.54, 1.807) is 42.5 Å². The van der Waals surface area contributed by atoms with Gasteiger partial charge in [0.1, 0.15) is 0 Å². The molecule has 2 atom stereocenters. The van der Waals surface area contributed by atoms with Gasteiger partial charge in [0.2, 0.25) is 5.91 Å². The van der Waals surface area contributed by atoms with E-state index in [1.807, 2.05) is 30.3 Å². The van der Waals surface area contributed by atoms with Crippen LogP contribution >= 0.6 is 11.3 Å². The summed E-state index contributed by atoms with van der Waals surface area (Å²) in [6.45, 7) is 0. The second kappa shape index (κ2) is 8.75. The number of anilines is 1. The second-order valence-electron chi connectivity index (χ2n) is 7.90. The van der Waals surface area contributed by atoms with Crippen LogP contribution < -0.4 is 14.8 Å². The Morgan fingerprint density at radius 1 is 1.09 bits per heavy atom. The third-order valence-electron chi connectivity index (χ3n) is 6.01. The van der Waals surface area contributed by atoms with E-state index in [-0.39, 0.29) is 11.8 Å². The van der Waals surface area contributed by atoms with Gasteiger partial charge in [-0.15, -0.1) is 0 Å². The fourth-order valence-corrected chi connectivity index (χ4v) is 5.28. The van der Waals surface area contributed by atoms with Crippen LogP contribution in [0.4, 0.5) is 5.13 Å². The zero-order valence-corrected chi connectivity index (χ0v) is 19.6. The normalized spacial score (nSPS) is 17.4. The van der Waals surface area contributed by atoms with Crippen molar-refractivity contribution in [3.8, 4) is 11.5 Å². The number of amides is 2. The summed E-state index contributed by atoms with van der Waals surface area (Å²) in [5, 5.41) is 3.48. The second-order valence-corrected chi connectivity index (χ2v) is 8.93. The fourth-order valence-electron chi connectivity index (χ4n) is 4.41. The smallest absolute Gasteiger partial charge is 0.254 e. The quantitative estimate of drug-likeness (QED) is 0.465. The zero-order chi connectivity index (χ0) is 23.8. The first-order chi connectivity index (χ1) is 16.5. The summed E-state index contributed by atoms with van der Waals surface area (Å²) >= 11 is 1.40. The molecule has 3 heterocycles. The number of carbonyl (C=O) groups is 2. The molecular formula is C25H22N4O4S. The molecular weight excluding hydrogens is 452 g/mol. The van der Waals surface area contributed by atoms with E-state index in [4.69, 9.17) is 9.47 Å². The van der Waals surface area contributed by atoms with E-state index in [0.717, 1.165) is 15.8 Å². The number of likely N-dealkylation sites (N-methyl/N-ethyl adjacent to an activating group) is 1. The Hall–Kier alpha value is -3.98. The van der Waals surface area contributed by atoms with Crippen molar-refractivity contribution >= 4 is 38.5 Å².